The van der Waals surface area contributed by atoms with Crippen molar-refractivity contribution in [2.45, 2.75) is 20.0 Å². The SMILES string of the molecule is Cc1ccccc1OC1CN(C(=O)c2cc3c(C)cccc3n2C)C1. The number of aryl methyl sites for hydroxylation is 3. The molecular weight excluding hydrogens is 312 g/mol. The molecule has 128 valence electrons. The summed E-state index contributed by atoms with van der Waals surface area (Å²) in [6.07, 6.45) is 0.0708. The summed E-state index contributed by atoms with van der Waals surface area (Å²) < 4.78 is 7.99. The predicted molar refractivity (Wildman–Crippen MR) is 99.2 cm³/mol. The van der Waals surface area contributed by atoms with E-state index in [1.165, 1.54) is 5.56 Å². The molecule has 1 aliphatic heterocycles. The van der Waals surface area contributed by atoms with Crippen LogP contribution >= 0.6 is 0 Å². The van der Waals surface area contributed by atoms with Gasteiger partial charge in [0.15, 0.2) is 0 Å². The number of rotatable bonds is 3. The van der Waals surface area contributed by atoms with Crippen molar-refractivity contribution in [1.82, 2.24) is 9.47 Å². The van der Waals surface area contributed by atoms with Gasteiger partial charge in [-0.25, -0.2) is 0 Å². The van der Waals surface area contributed by atoms with Crippen molar-refractivity contribution < 1.29 is 9.53 Å². The molecule has 1 aliphatic rings. The van der Waals surface area contributed by atoms with Crippen molar-refractivity contribution in [3.8, 4) is 5.75 Å². The molecule has 4 nitrogen and oxygen atoms in total. The highest BCUT2D eigenvalue weighted by Crippen LogP contribution is 2.26. The molecule has 1 aromatic heterocycles. The van der Waals surface area contributed by atoms with Crippen molar-refractivity contribution in [2.75, 3.05) is 13.1 Å². The number of carbonyl (C=O) groups is 1. The summed E-state index contributed by atoms with van der Waals surface area (Å²) in [5.74, 6) is 0.975. The lowest BCUT2D eigenvalue weighted by molar-refractivity contribution is 0.0169. The van der Waals surface area contributed by atoms with Crippen LogP contribution < -0.4 is 4.74 Å². The van der Waals surface area contributed by atoms with E-state index in [0.29, 0.717) is 13.1 Å². The molecule has 2 heterocycles. The summed E-state index contributed by atoms with van der Waals surface area (Å²) >= 11 is 0. The molecule has 0 saturated carbocycles. The highest BCUT2D eigenvalue weighted by Gasteiger charge is 2.34. The van der Waals surface area contributed by atoms with Gasteiger partial charge in [0, 0.05) is 18.0 Å². The number of nitrogens with zero attached hydrogens (tertiary/aromatic N) is 2. The maximum Gasteiger partial charge on any atom is 0.270 e. The standard InChI is InChI=1S/C21H22N2O2/c1-14-8-6-9-18-17(14)11-19(22(18)3)21(24)23-12-16(13-23)25-20-10-5-4-7-15(20)2/h4-11,16H,12-13H2,1-3H3. The van der Waals surface area contributed by atoms with Gasteiger partial charge in [0.05, 0.1) is 13.1 Å². The monoisotopic (exact) mass is 334 g/mol. The molecule has 0 N–H and O–H groups in total. The molecule has 0 unspecified atom stereocenters. The van der Waals surface area contributed by atoms with Crippen LogP contribution in [-0.2, 0) is 7.05 Å². The maximum atomic E-state index is 12.8. The molecule has 4 heteroatoms. The van der Waals surface area contributed by atoms with Gasteiger partial charge in [-0.05, 0) is 43.2 Å². The second-order valence-corrected chi connectivity index (χ2v) is 6.81. The number of hydrogen-bond acceptors (Lipinski definition) is 2. The normalized spacial score (nSPS) is 14.6. The zero-order chi connectivity index (χ0) is 17.6. The van der Waals surface area contributed by atoms with Gasteiger partial charge >= 0.3 is 0 Å². The number of benzene rings is 2. The summed E-state index contributed by atoms with van der Waals surface area (Å²) in [5.41, 5.74) is 4.14. The van der Waals surface area contributed by atoms with Gasteiger partial charge in [-0.2, -0.15) is 0 Å². The lowest BCUT2D eigenvalue weighted by Gasteiger charge is -2.39. The second-order valence-electron chi connectivity index (χ2n) is 6.81. The quantitative estimate of drug-likeness (QED) is 0.732. The summed E-state index contributed by atoms with van der Waals surface area (Å²) in [7, 11) is 1.95. The Bertz CT molecular complexity index is 952. The third-order valence-corrected chi connectivity index (χ3v) is 5.05. The number of carbonyl (C=O) groups excluding carboxylic acids is 1. The minimum atomic E-state index is 0.0708. The Kier molecular flexibility index (Phi) is 3.75. The molecule has 4 rings (SSSR count). The van der Waals surface area contributed by atoms with Gasteiger partial charge in [0.1, 0.15) is 17.5 Å². The first kappa shape index (κ1) is 15.8. The number of para-hydroxylation sites is 1. The van der Waals surface area contributed by atoms with Crippen LogP contribution in [0.2, 0.25) is 0 Å². The maximum absolute atomic E-state index is 12.8. The fraction of sp³-hybridized carbons (Fsp3) is 0.286. The van der Waals surface area contributed by atoms with Crippen LogP contribution in [0.4, 0.5) is 0 Å². The molecule has 25 heavy (non-hydrogen) atoms. The van der Waals surface area contributed by atoms with E-state index >= 15 is 0 Å². The Balaban J connectivity index is 1.48. The number of aromatic nitrogens is 1. The average molecular weight is 334 g/mol. The van der Waals surface area contributed by atoms with Crippen molar-refractivity contribution in [3.63, 3.8) is 0 Å². The van der Waals surface area contributed by atoms with E-state index < -0.39 is 0 Å². The molecule has 0 atom stereocenters. The smallest absolute Gasteiger partial charge is 0.270 e. The first-order valence-corrected chi connectivity index (χ1v) is 8.61. The molecule has 0 bridgehead atoms. The minimum absolute atomic E-state index is 0.0708. The predicted octanol–water partition coefficient (Wildman–Crippen LogP) is 3.70. The molecule has 1 amide bonds. The van der Waals surface area contributed by atoms with Crippen molar-refractivity contribution in [3.05, 3.63) is 65.4 Å². The van der Waals surface area contributed by atoms with E-state index in [0.717, 1.165) is 27.9 Å². The third-order valence-electron chi connectivity index (χ3n) is 5.05. The largest absolute Gasteiger partial charge is 0.486 e. The van der Waals surface area contributed by atoms with E-state index in [4.69, 9.17) is 4.74 Å². The summed E-state index contributed by atoms with van der Waals surface area (Å²) in [6.45, 7) is 5.38. The van der Waals surface area contributed by atoms with Crippen molar-refractivity contribution >= 4 is 16.8 Å². The van der Waals surface area contributed by atoms with E-state index in [9.17, 15) is 4.79 Å². The van der Waals surface area contributed by atoms with E-state index in [2.05, 4.69) is 19.1 Å². The zero-order valence-corrected chi connectivity index (χ0v) is 14.8. The Morgan fingerprint density at radius 1 is 1.04 bits per heavy atom. The van der Waals surface area contributed by atoms with E-state index in [-0.39, 0.29) is 12.0 Å². The minimum Gasteiger partial charge on any atom is -0.486 e. The number of likely N-dealkylation sites (tertiary alicyclic amines) is 1. The van der Waals surface area contributed by atoms with Crippen LogP contribution in [0.3, 0.4) is 0 Å². The topological polar surface area (TPSA) is 34.5 Å². The van der Waals surface area contributed by atoms with Crippen LogP contribution in [0.5, 0.6) is 5.75 Å². The fourth-order valence-corrected chi connectivity index (χ4v) is 3.42. The molecule has 1 saturated heterocycles. The van der Waals surface area contributed by atoms with Gasteiger partial charge < -0.3 is 14.2 Å². The Morgan fingerprint density at radius 3 is 2.48 bits per heavy atom. The summed E-state index contributed by atoms with van der Waals surface area (Å²) in [5, 5.41) is 1.14. The van der Waals surface area contributed by atoms with Gasteiger partial charge in [0.2, 0.25) is 0 Å². The molecule has 0 spiro atoms. The molecule has 0 radical (unpaired) electrons. The van der Waals surface area contributed by atoms with Crippen molar-refractivity contribution in [2.24, 2.45) is 7.05 Å². The lowest BCUT2D eigenvalue weighted by atomic mass is 10.1. The highest BCUT2D eigenvalue weighted by molar-refractivity contribution is 5.99. The zero-order valence-electron chi connectivity index (χ0n) is 14.8. The lowest BCUT2D eigenvalue weighted by Crippen LogP contribution is -2.56. The summed E-state index contributed by atoms with van der Waals surface area (Å²) in [6, 6.07) is 16.2. The number of hydrogen-bond donors (Lipinski definition) is 0. The van der Waals surface area contributed by atoms with Crippen LogP contribution in [0.15, 0.2) is 48.5 Å². The molecule has 0 aliphatic carbocycles. The van der Waals surface area contributed by atoms with Crippen LogP contribution in [0.25, 0.3) is 10.9 Å². The van der Waals surface area contributed by atoms with E-state index in [1.54, 1.807) is 0 Å². The Labute approximate surface area is 147 Å². The van der Waals surface area contributed by atoms with Crippen LogP contribution in [0, 0.1) is 13.8 Å². The number of fused-ring (bicyclic) bond motifs is 1. The van der Waals surface area contributed by atoms with Gasteiger partial charge in [-0.3, -0.25) is 4.79 Å². The second kappa shape index (κ2) is 5.96. The fourth-order valence-electron chi connectivity index (χ4n) is 3.42. The van der Waals surface area contributed by atoms with Crippen molar-refractivity contribution in [1.29, 1.82) is 0 Å². The Hall–Kier alpha value is -2.75. The molecule has 1 fully saturated rings. The third kappa shape index (κ3) is 2.68. The average Bonchev–Trinajstić information content (AvgIpc) is 2.90. The van der Waals surface area contributed by atoms with Crippen LogP contribution in [-0.4, -0.2) is 34.6 Å². The summed E-state index contributed by atoms with van der Waals surface area (Å²) in [4.78, 5) is 14.7. The van der Waals surface area contributed by atoms with E-state index in [1.807, 2.05) is 59.8 Å². The molecule has 2 aromatic carbocycles. The molecular formula is C21H22N2O2. The Morgan fingerprint density at radius 2 is 1.76 bits per heavy atom. The number of amides is 1. The first-order chi connectivity index (χ1) is 12.0. The highest BCUT2D eigenvalue weighted by atomic mass is 16.5. The van der Waals surface area contributed by atoms with Gasteiger partial charge in [-0.15, -0.1) is 0 Å². The van der Waals surface area contributed by atoms with Gasteiger partial charge in [0.25, 0.3) is 5.91 Å². The number of ether oxygens (including phenoxy) is 1. The van der Waals surface area contributed by atoms with Gasteiger partial charge in [-0.1, -0.05) is 30.3 Å². The van der Waals surface area contributed by atoms with Crippen LogP contribution in [0.1, 0.15) is 21.6 Å². The molecule has 3 aromatic rings. The first-order valence-electron chi connectivity index (χ1n) is 8.61.